The van der Waals surface area contributed by atoms with Gasteiger partial charge in [-0.25, -0.2) is 9.29 Å². The first kappa shape index (κ1) is 19.7. The Balaban J connectivity index is 1.84. The zero-order chi connectivity index (χ0) is 20.8. The van der Waals surface area contributed by atoms with E-state index < -0.39 is 41.1 Å². The van der Waals surface area contributed by atoms with Gasteiger partial charge >= 0.3 is 5.97 Å². The van der Waals surface area contributed by atoms with Gasteiger partial charge in [-0.2, -0.15) is 0 Å². The molecule has 1 aromatic carbocycles. The van der Waals surface area contributed by atoms with Gasteiger partial charge in [0.2, 0.25) is 11.8 Å². The van der Waals surface area contributed by atoms with Gasteiger partial charge in [-0.1, -0.05) is 19.4 Å². The van der Waals surface area contributed by atoms with Crippen molar-refractivity contribution < 1.29 is 23.5 Å². The van der Waals surface area contributed by atoms with Crippen LogP contribution in [0.1, 0.15) is 30.7 Å². The summed E-state index contributed by atoms with van der Waals surface area (Å²) in [5.74, 6) is -3.48. The number of fused-ring (bicyclic) bond motifs is 1. The van der Waals surface area contributed by atoms with E-state index in [1.165, 1.54) is 42.7 Å². The maximum Gasteiger partial charge on any atom is 0.326 e. The topological polar surface area (TPSA) is 75.7 Å². The van der Waals surface area contributed by atoms with Crippen LogP contribution >= 0.6 is 11.3 Å². The van der Waals surface area contributed by atoms with Crippen LogP contribution in [0.5, 0.6) is 0 Å². The van der Waals surface area contributed by atoms with E-state index >= 15 is 0 Å². The van der Waals surface area contributed by atoms with Crippen LogP contribution in [-0.4, -0.2) is 30.4 Å². The average Bonchev–Trinajstić information content (AvgIpc) is 3.41. The van der Waals surface area contributed by atoms with Gasteiger partial charge < -0.3 is 4.74 Å². The molecule has 0 radical (unpaired) electrons. The Morgan fingerprint density at radius 1 is 1.24 bits per heavy atom. The lowest BCUT2D eigenvalue weighted by atomic mass is 9.77. The molecule has 3 heterocycles. The highest BCUT2D eigenvalue weighted by Crippen LogP contribution is 2.52. The second kappa shape index (κ2) is 7.35. The molecular weight excluding hydrogens is 395 g/mol. The van der Waals surface area contributed by atoms with Gasteiger partial charge in [-0.3, -0.25) is 19.7 Å². The third-order valence-electron chi connectivity index (χ3n) is 5.78. The lowest BCUT2D eigenvalue weighted by Gasteiger charge is -2.32. The number of amides is 2. The van der Waals surface area contributed by atoms with Crippen LogP contribution in [0.3, 0.4) is 0 Å². The number of ether oxygens (including phenoxy) is 1. The van der Waals surface area contributed by atoms with Gasteiger partial charge in [0, 0.05) is 4.88 Å². The van der Waals surface area contributed by atoms with Crippen molar-refractivity contribution in [1.29, 1.82) is 0 Å². The first-order chi connectivity index (χ1) is 13.9. The van der Waals surface area contributed by atoms with Crippen LogP contribution in [-0.2, 0) is 19.1 Å². The molecular formula is C21H21FN2O4S. The molecule has 2 aliphatic heterocycles. The van der Waals surface area contributed by atoms with Gasteiger partial charge in [-0.05, 0) is 42.1 Å². The molecule has 2 amide bonds. The predicted octanol–water partition coefficient (Wildman–Crippen LogP) is 3.05. The largest absolute Gasteiger partial charge is 0.468 e. The molecule has 2 saturated heterocycles. The number of esters is 1. The first-order valence-electron chi connectivity index (χ1n) is 9.47. The second-order valence-electron chi connectivity index (χ2n) is 7.34. The van der Waals surface area contributed by atoms with E-state index in [-0.39, 0.29) is 5.91 Å². The number of nitrogens with zero attached hydrogens (tertiary/aromatic N) is 1. The van der Waals surface area contributed by atoms with Crippen molar-refractivity contribution in [2.45, 2.75) is 31.3 Å². The highest BCUT2D eigenvalue weighted by molar-refractivity contribution is 7.10. The summed E-state index contributed by atoms with van der Waals surface area (Å²) >= 11 is 1.46. The minimum Gasteiger partial charge on any atom is -0.468 e. The molecule has 0 aliphatic carbocycles. The van der Waals surface area contributed by atoms with Crippen LogP contribution in [0.15, 0.2) is 41.8 Å². The van der Waals surface area contributed by atoms with Crippen molar-refractivity contribution in [3.8, 4) is 0 Å². The molecule has 0 spiro atoms. The highest BCUT2D eigenvalue weighted by atomic mass is 32.1. The lowest BCUT2D eigenvalue weighted by Crippen LogP contribution is -2.56. The summed E-state index contributed by atoms with van der Waals surface area (Å²) in [6.45, 7) is 1.92. The van der Waals surface area contributed by atoms with Gasteiger partial charge in [0.25, 0.3) is 0 Å². The summed E-state index contributed by atoms with van der Waals surface area (Å²) < 4.78 is 18.4. The number of nitrogens with one attached hydrogen (secondary N) is 1. The van der Waals surface area contributed by atoms with Crippen LogP contribution in [0.4, 0.5) is 10.1 Å². The third-order valence-corrected chi connectivity index (χ3v) is 6.74. The van der Waals surface area contributed by atoms with E-state index in [0.717, 1.165) is 9.78 Å². The summed E-state index contributed by atoms with van der Waals surface area (Å²) in [7, 11) is 1.29. The number of benzene rings is 1. The third kappa shape index (κ3) is 2.89. The molecule has 0 bridgehead atoms. The number of hydrogen-bond acceptors (Lipinski definition) is 6. The number of halogens is 1. The molecule has 0 saturated carbocycles. The molecule has 8 heteroatoms. The fourth-order valence-electron chi connectivity index (χ4n) is 4.66. The Morgan fingerprint density at radius 2 is 1.97 bits per heavy atom. The Hall–Kier alpha value is -2.58. The Bertz CT molecular complexity index is 946. The maximum absolute atomic E-state index is 13.5. The van der Waals surface area contributed by atoms with Crippen molar-refractivity contribution >= 4 is 34.8 Å². The molecule has 6 nitrogen and oxygen atoms in total. The van der Waals surface area contributed by atoms with Crippen molar-refractivity contribution in [2.24, 2.45) is 11.8 Å². The van der Waals surface area contributed by atoms with Crippen LogP contribution in [0.2, 0.25) is 0 Å². The van der Waals surface area contributed by atoms with E-state index in [4.69, 9.17) is 4.74 Å². The molecule has 2 aromatic rings. The van der Waals surface area contributed by atoms with Crippen molar-refractivity contribution in [1.82, 2.24) is 5.32 Å². The number of carbonyl (C=O) groups excluding carboxylic acids is 3. The normalized spacial score (nSPS) is 28.7. The summed E-state index contributed by atoms with van der Waals surface area (Å²) in [5.41, 5.74) is -0.986. The summed E-state index contributed by atoms with van der Waals surface area (Å²) in [4.78, 5) is 41.8. The molecule has 2 aliphatic rings. The molecule has 1 N–H and O–H groups in total. The van der Waals surface area contributed by atoms with Gasteiger partial charge in [-0.15, -0.1) is 11.3 Å². The Labute approximate surface area is 171 Å². The van der Waals surface area contributed by atoms with Gasteiger partial charge in [0.15, 0.2) is 0 Å². The monoisotopic (exact) mass is 416 g/mol. The Kier molecular flexibility index (Phi) is 5.00. The number of anilines is 1. The van der Waals surface area contributed by atoms with Crippen molar-refractivity contribution in [2.75, 3.05) is 12.0 Å². The summed E-state index contributed by atoms with van der Waals surface area (Å²) in [5, 5.41) is 5.20. The number of thiophene rings is 1. The van der Waals surface area contributed by atoms with Gasteiger partial charge in [0.05, 0.1) is 30.7 Å². The molecule has 2 fully saturated rings. The summed E-state index contributed by atoms with van der Waals surface area (Å²) in [6.07, 6.45) is 0.986. The number of hydrogen-bond donors (Lipinski definition) is 1. The zero-order valence-electron chi connectivity index (χ0n) is 16.1. The minimum absolute atomic E-state index is 0.302. The standard InChI is InChI=1S/C21H21FN2O4S/c1-3-10-21(20(27)28-2)16-15(17(23-21)14-5-4-11-29-14)18(25)24(19(16)26)13-8-6-12(22)7-9-13/h4-9,11,15-17,23H,3,10H2,1-2H3. The molecule has 4 rings (SSSR count). The number of methoxy groups -OCH3 is 1. The molecule has 4 unspecified atom stereocenters. The van der Waals surface area contributed by atoms with Crippen LogP contribution in [0.25, 0.3) is 0 Å². The van der Waals surface area contributed by atoms with Crippen molar-refractivity contribution in [3.63, 3.8) is 0 Å². The molecule has 1 aromatic heterocycles. The SMILES string of the molecule is CCCC1(C(=O)OC)NC(c2cccs2)C2C(=O)N(c3ccc(F)cc3)C(=O)C21. The van der Waals surface area contributed by atoms with Gasteiger partial charge in [0.1, 0.15) is 11.4 Å². The van der Waals surface area contributed by atoms with E-state index in [2.05, 4.69) is 5.32 Å². The fourth-order valence-corrected chi connectivity index (χ4v) is 5.48. The quantitative estimate of drug-likeness (QED) is 0.599. The van der Waals surface area contributed by atoms with Crippen LogP contribution in [0, 0.1) is 17.7 Å². The molecule has 152 valence electrons. The smallest absolute Gasteiger partial charge is 0.326 e. The number of carbonyl (C=O) groups is 3. The maximum atomic E-state index is 13.5. The highest BCUT2D eigenvalue weighted by Gasteiger charge is 2.68. The lowest BCUT2D eigenvalue weighted by molar-refractivity contribution is -0.152. The van der Waals surface area contributed by atoms with E-state index in [1.54, 1.807) is 0 Å². The zero-order valence-corrected chi connectivity index (χ0v) is 16.9. The van der Waals surface area contributed by atoms with E-state index in [0.29, 0.717) is 18.5 Å². The number of rotatable bonds is 5. The summed E-state index contributed by atoms with van der Waals surface area (Å²) in [6, 6.07) is 8.49. The predicted molar refractivity (Wildman–Crippen MR) is 106 cm³/mol. The molecule has 4 atom stereocenters. The second-order valence-corrected chi connectivity index (χ2v) is 8.32. The van der Waals surface area contributed by atoms with Crippen molar-refractivity contribution in [3.05, 3.63) is 52.5 Å². The minimum atomic E-state index is -1.29. The number of imide groups is 1. The fraction of sp³-hybridized carbons (Fsp3) is 0.381. The molecule has 29 heavy (non-hydrogen) atoms. The van der Waals surface area contributed by atoms with E-state index in [1.807, 2.05) is 24.4 Å². The average molecular weight is 416 g/mol. The van der Waals surface area contributed by atoms with E-state index in [9.17, 15) is 18.8 Å². The Morgan fingerprint density at radius 3 is 2.55 bits per heavy atom. The first-order valence-corrected chi connectivity index (χ1v) is 10.4. The van der Waals surface area contributed by atoms with Crippen LogP contribution < -0.4 is 10.2 Å².